The van der Waals surface area contributed by atoms with E-state index in [1.807, 2.05) is 38.1 Å². The number of ether oxygens (including phenoxy) is 1. The number of methoxy groups -OCH3 is 1. The van der Waals surface area contributed by atoms with Crippen LogP contribution in [0.5, 0.6) is 5.75 Å². The summed E-state index contributed by atoms with van der Waals surface area (Å²) in [5.41, 5.74) is 3.55. The molecule has 0 saturated heterocycles. The molecular formula is C15H17FO. The Kier molecular flexibility index (Phi) is 3.32. The topological polar surface area (TPSA) is 9.23 Å². The molecule has 0 atom stereocenters. The quantitative estimate of drug-likeness (QED) is 0.733. The molecule has 0 radical (unpaired) electrons. The largest absolute Gasteiger partial charge is 0.497 e. The van der Waals surface area contributed by atoms with Gasteiger partial charge in [0.2, 0.25) is 0 Å². The van der Waals surface area contributed by atoms with Gasteiger partial charge in [0.25, 0.3) is 0 Å². The van der Waals surface area contributed by atoms with Crippen LogP contribution in [0.25, 0.3) is 5.57 Å². The monoisotopic (exact) mass is 232 g/mol. The van der Waals surface area contributed by atoms with Gasteiger partial charge < -0.3 is 4.74 Å². The molecule has 1 aromatic rings. The number of halogens is 1. The van der Waals surface area contributed by atoms with Crippen LogP contribution in [0.15, 0.2) is 35.7 Å². The van der Waals surface area contributed by atoms with Gasteiger partial charge in [0, 0.05) is 5.57 Å². The van der Waals surface area contributed by atoms with E-state index in [1.165, 1.54) is 0 Å². The van der Waals surface area contributed by atoms with E-state index in [4.69, 9.17) is 4.74 Å². The van der Waals surface area contributed by atoms with Gasteiger partial charge in [0.05, 0.1) is 7.11 Å². The minimum atomic E-state index is -0.0763. The van der Waals surface area contributed by atoms with E-state index in [1.54, 1.807) is 7.11 Å². The van der Waals surface area contributed by atoms with Crippen molar-refractivity contribution in [3.63, 3.8) is 0 Å². The number of aryl methyl sites for hydroxylation is 1. The van der Waals surface area contributed by atoms with Crippen LogP contribution < -0.4 is 4.74 Å². The van der Waals surface area contributed by atoms with Gasteiger partial charge in [-0.2, -0.15) is 0 Å². The van der Waals surface area contributed by atoms with Gasteiger partial charge in [0.15, 0.2) is 0 Å². The maximum absolute atomic E-state index is 14.1. The van der Waals surface area contributed by atoms with Crippen LogP contribution in [0.3, 0.4) is 0 Å². The van der Waals surface area contributed by atoms with Gasteiger partial charge in [-0.05, 0) is 55.5 Å². The molecule has 2 rings (SSSR count). The van der Waals surface area contributed by atoms with Gasteiger partial charge in [-0.15, -0.1) is 0 Å². The van der Waals surface area contributed by atoms with E-state index in [-0.39, 0.29) is 5.83 Å². The van der Waals surface area contributed by atoms with Crippen LogP contribution in [0.4, 0.5) is 4.39 Å². The van der Waals surface area contributed by atoms with Crippen molar-refractivity contribution in [2.75, 3.05) is 7.11 Å². The van der Waals surface area contributed by atoms with Crippen molar-refractivity contribution in [1.82, 2.24) is 0 Å². The Morgan fingerprint density at radius 1 is 1.24 bits per heavy atom. The molecule has 1 aromatic carbocycles. The third-order valence-corrected chi connectivity index (χ3v) is 3.21. The minimum absolute atomic E-state index is 0.0763. The number of hydrogen-bond donors (Lipinski definition) is 0. The molecule has 0 heterocycles. The zero-order valence-corrected chi connectivity index (χ0v) is 10.5. The lowest BCUT2D eigenvalue weighted by molar-refractivity contribution is 0.414. The highest BCUT2D eigenvalue weighted by molar-refractivity contribution is 5.80. The molecular weight excluding hydrogens is 215 g/mol. The van der Waals surface area contributed by atoms with Crippen LogP contribution in [0.2, 0.25) is 0 Å². The van der Waals surface area contributed by atoms with Gasteiger partial charge in [-0.25, -0.2) is 4.39 Å². The van der Waals surface area contributed by atoms with Gasteiger partial charge in [-0.1, -0.05) is 12.1 Å². The molecule has 90 valence electrons. The van der Waals surface area contributed by atoms with E-state index in [0.717, 1.165) is 35.3 Å². The second-order valence-electron chi connectivity index (χ2n) is 4.43. The van der Waals surface area contributed by atoms with Crippen LogP contribution >= 0.6 is 0 Å². The first kappa shape index (κ1) is 11.9. The molecule has 1 nitrogen and oxygen atoms in total. The molecule has 0 unspecified atom stereocenters. The summed E-state index contributed by atoms with van der Waals surface area (Å²) >= 11 is 0. The summed E-state index contributed by atoms with van der Waals surface area (Å²) in [7, 11) is 1.63. The third-order valence-electron chi connectivity index (χ3n) is 3.21. The Labute approximate surface area is 102 Å². The fraction of sp³-hybridized carbons (Fsp3) is 0.333. The van der Waals surface area contributed by atoms with Crippen molar-refractivity contribution in [1.29, 1.82) is 0 Å². The van der Waals surface area contributed by atoms with Crippen LogP contribution in [-0.2, 0) is 0 Å². The molecule has 17 heavy (non-hydrogen) atoms. The predicted octanol–water partition coefficient (Wildman–Crippen LogP) is 4.42. The lowest BCUT2D eigenvalue weighted by Gasteiger charge is -2.16. The average Bonchev–Trinajstić information content (AvgIpc) is 2.34. The molecule has 0 aliphatic heterocycles. The summed E-state index contributed by atoms with van der Waals surface area (Å²) < 4.78 is 19.3. The first-order valence-electron chi connectivity index (χ1n) is 5.84. The minimum Gasteiger partial charge on any atom is -0.497 e. The predicted molar refractivity (Wildman–Crippen MR) is 68.8 cm³/mol. The second kappa shape index (κ2) is 4.74. The van der Waals surface area contributed by atoms with Gasteiger partial charge in [-0.3, -0.25) is 0 Å². The van der Waals surface area contributed by atoms with Crippen molar-refractivity contribution in [2.24, 2.45) is 0 Å². The first-order valence-corrected chi connectivity index (χ1v) is 5.84. The summed E-state index contributed by atoms with van der Waals surface area (Å²) in [6.07, 6.45) is 3.70. The molecule has 0 N–H and O–H groups in total. The highest BCUT2D eigenvalue weighted by Crippen LogP contribution is 2.35. The summed E-state index contributed by atoms with van der Waals surface area (Å²) in [6.45, 7) is 3.85. The zero-order valence-electron chi connectivity index (χ0n) is 10.5. The Hall–Kier alpha value is -1.57. The first-order chi connectivity index (χ1) is 8.13. The summed E-state index contributed by atoms with van der Waals surface area (Å²) in [5.74, 6) is 0.690. The summed E-state index contributed by atoms with van der Waals surface area (Å²) in [6, 6.07) is 5.77. The summed E-state index contributed by atoms with van der Waals surface area (Å²) in [4.78, 5) is 0. The third kappa shape index (κ3) is 2.26. The fourth-order valence-electron chi connectivity index (χ4n) is 2.11. The molecule has 2 heteroatoms. The van der Waals surface area contributed by atoms with E-state index in [2.05, 4.69) is 0 Å². The van der Waals surface area contributed by atoms with Crippen molar-refractivity contribution in [2.45, 2.75) is 26.7 Å². The van der Waals surface area contributed by atoms with Gasteiger partial charge >= 0.3 is 0 Å². The van der Waals surface area contributed by atoms with E-state index in [9.17, 15) is 4.39 Å². The van der Waals surface area contributed by atoms with Crippen molar-refractivity contribution < 1.29 is 9.13 Å². The molecule has 0 bridgehead atoms. The Balaban J connectivity index is 2.50. The van der Waals surface area contributed by atoms with Crippen molar-refractivity contribution in [3.8, 4) is 5.75 Å². The highest BCUT2D eigenvalue weighted by atomic mass is 19.1. The number of benzene rings is 1. The van der Waals surface area contributed by atoms with Crippen LogP contribution in [-0.4, -0.2) is 7.11 Å². The Morgan fingerprint density at radius 2 is 2.00 bits per heavy atom. The number of allylic oxidation sites excluding steroid dienone is 4. The maximum atomic E-state index is 14.1. The molecule has 0 amide bonds. The van der Waals surface area contributed by atoms with Crippen molar-refractivity contribution in [3.05, 3.63) is 46.8 Å². The van der Waals surface area contributed by atoms with Crippen LogP contribution in [0.1, 0.15) is 30.9 Å². The molecule has 0 saturated carbocycles. The summed E-state index contributed by atoms with van der Waals surface area (Å²) in [5, 5.41) is 0. The maximum Gasteiger partial charge on any atom is 0.129 e. The number of hydrogen-bond acceptors (Lipinski definition) is 1. The van der Waals surface area contributed by atoms with Crippen LogP contribution in [0, 0.1) is 6.92 Å². The SMILES string of the molecule is COc1ccc(C)c(C2=CCCC(C)=C2F)c1. The molecule has 1 aliphatic carbocycles. The Morgan fingerprint density at radius 3 is 2.71 bits per heavy atom. The lowest BCUT2D eigenvalue weighted by Crippen LogP contribution is -1.98. The fourth-order valence-corrected chi connectivity index (χ4v) is 2.11. The van der Waals surface area contributed by atoms with Crippen molar-refractivity contribution >= 4 is 5.57 Å². The Bertz CT molecular complexity index is 498. The molecule has 0 fully saturated rings. The lowest BCUT2D eigenvalue weighted by atomic mass is 9.91. The normalized spacial score (nSPS) is 15.9. The van der Waals surface area contributed by atoms with E-state index in [0.29, 0.717) is 5.57 Å². The smallest absolute Gasteiger partial charge is 0.129 e. The highest BCUT2D eigenvalue weighted by Gasteiger charge is 2.16. The molecule has 0 aromatic heterocycles. The average molecular weight is 232 g/mol. The molecule has 0 spiro atoms. The molecule has 1 aliphatic rings. The standard InChI is InChI=1S/C15H17FO/c1-10-7-8-12(17-3)9-14(10)13-6-4-5-11(2)15(13)16/h6-9H,4-5H2,1-3H3. The second-order valence-corrected chi connectivity index (χ2v) is 4.43. The van der Waals surface area contributed by atoms with E-state index >= 15 is 0 Å². The number of rotatable bonds is 2. The van der Waals surface area contributed by atoms with E-state index < -0.39 is 0 Å². The zero-order chi connectivity index (χ0) is 12.4. The van der Waals surface area contributed by atoms with Gasteiger partial charge in [0.1, 0.15) is 11.6 Å².